The van der Waals surface area contributed by atoms with Crippen molar-refractivity contribution in [3.63, 3.8) is 0 Å². The predicted molar refractivity (Wildman–Crippen MR) is 241 cm³/mol. The van der Waals surface area contributed by atoms with E-state index in [1.807, 2.05) is 23.1 Å². The average Bonchev–Trinajstić information content (AvgIpc) is 3.97. The molecule has 0 spiro atoms. The quantitative estimate of drug-likeness (QED) is 0.183. The smallest absolute Gasteiger partial charge is 0.131 e. The molecule has 0 bridgehead atoms. The highest BCUT2D eigenvalue weighted by molar-refractivity contribution is 8.00. The summed E-state index contributed by atoms with van der Waals surface area (Å²) < 4.78 is 5.13. The molecule has 0 fully saturated rings. The molecule has 9 aromatic rings. The number of benzene rings is 7. The lowest BCUT2D eigenvalue weighted by Crippen LogP contribution is -2.45. The van der Waals surface area contributed by atoms with E-state index >= 15 is 0 Å². The van der Waals surface area contributed by atoms with Crippen molar-refractivity contribution in [2.24, 2.45) is 4.99 Å². The minimum Gasteiger partial charge on any atom is -0.350 e. The first-order chi connectivity index (χ1) is 28.3. The number of rotatable bonds is 5. The standard InChI is InChI=1S/C51H36N4S2/c1-3-15-31(16-4-1)49-52-50(32-17-5-2-6-18-32)54-51(53-49)40-26-12-25-39-45-35(21-14-30-44(45)56-47(39)40)36-22-11-23-37-38-24-13-29-43(48(38)57-46(36)37)55-41-27-9-7-19-33(41)34-20-8-10-28-42(34)55/h1-30,44-45,49,51,53H,(H,52,54). The number of thiophene rings is 1. The molecule has 4 unspecified atom stereocenters. The van der Waals surface area contributed by atoms with E-state index in [-0.39, 0.29) is 18.2 Å². The van der Waals surface area contributed by atoms with E-state index in [0.717, 1.165) is 17.0 Å². The molecule has 0 radical (unpaired) electrons. The van der Waals surface area contributed by atoms with Crippen LogP contribution in [0.1, 0.15) is 46.1 Å². The summed E-state index contributed by atoms with van der Waals surface area (Å²) in [6.45, 7) is 0. The Morgan fingerprint density at radius 1 is 0.579 bits per heavy atom. The topological polar surface area (TPSA) is 41.4 Å². The molecule has 3 aliphatic rings. The fourth-order valence-corrected chi connectivity index (χ4v) is 12.2. The van der Waals surface area contributed by atoms with Gasteiger partial charge in [0.05, 0.1) is 21.4 Å². The molecule has 0 saturated carbocycles. The van der Waals surface area contributed by atoms with Crippen LogP contribution in [-0.2, 0) is 0 Å². The van der Waals surface area contributed by atoms with Crippen LogP contribution in [0.2, 0.25) is 0 Å². The first kappa shape index (κ1) is 33.0. The van der Waals surface area contributed by atoms with Crippen molar-refractivity contribution in [2.45, 2.75) is 28.4 Å². The molecule has 4 heterocycles. The van der Waals surface area contributed by atoms with E-state index in [4.69, 9.17) is 4.99 Å². The van der Waals surface area contributed by atoms with Crippen LogP contribution in [0.5, 0.6) is 0 Å². The molecule has 2 aromatic heterocycles. The number of hydrogen-bond donors (Lipinski definition) is 2. The van der Waals surface area contributed by atoms with Gasteiger partial charge >= 0.3 is 0 Å². The number of nitrogens with zero attached hydrogens (tertiary/aromatic N) is 2. The second-order valence-corrected chi connectivity index (χ2v) is 17.3. The van der Waals surface area contributed by atoms with E-state index in [0.29, 0.717) is 5.25 Å². The Morgan fingerprint density at radius 3 is 2.02 bits per heavy atom. The highest BCUT2D eigenvalue weighted by Gasteiger charge is 2.40. The maximum atomic E-state index is 5.18. The van der Waals surface area contributed by atoms with Gasteiger partial charge in [-0.2, -0.15) is 0 Å². The van der Waals surface area contributed by atoms with Gasteiger partial charge in [0.1, 0.15) is 18.2 Å². The number of aromatic nitrogens is 1. The molecule has 0 amide bonds. The number of allylic oxidation sites excluding steroid dienone is 3. The van der Waals surface area contributed by atoms with Crippen molar-refractivity contribution >= 4 is 76.5 Å². The van der Waals surface area contributed by atoms with Crippen molar-refractivity contribution in [1.82, 2.24) is 15.2 Å². The molecular formula is C51H36N4S2. The maximum Gasteiger partial charge on any atom is 0.131 e. The number of para-hydroxylation sites is 2. The van der Waals surface area contributed by atoms with Crippen LogP contribution >= 0.6 is 23.1 Å². The van der Waals surface area contributed by atoms with Gasteiger partial charge in [0, 0.05) is 53.4 Å². The summed E-state index contributed by atoms with van der Waals surface area (Å²) >= 11 is 3.93. The van der Waals surface area contributed by atoms with Gasteiger partial charge in [0.15, 0.2) is 0 Å². The Hall–Kier alpha value is -6.18. The van der Waals surface area contributed by atoms with Crippen LogP contribution in [-0.4, -0.2) is 15.7 Å². The number of hydrogen-bond acceptors (Lipinski definition) is 5. The predicted octanol–water partition coefficient (Wildman–Crippen LogP) is 12.7. The monoisotopic (exact) mass is 768 g/mol. The second kappa shape index (κ2) is 13.2. The van der Waals surface area contributed by atoms with Crippen LogP contribution in [0.15, 0.2) is 192 Å². The molecule has 4 nitrogen and oxygen atoms in total. The van der Waals surface area contributed by atoms with Crippen molar-refractivity contribution in [3.05, 3.63) is 210 Å². The minimum absolute atomic E-state index is 0.118. The fourth-order valence-electron chi connectivity index (χ4n) is 9.35. The zero-order chi connectivity index (χ0) is 37.5. The van der Waals surface area contributed by atoms with Gasteiger partial charge < -0.3 is 9.88 Å². The number of amidine groups is 1. The van der Waals surface area contributed by atoms with Crippen LogP contribution in [0, 0.1) is 0 Å². The molecule has 7 aromatic carbocycles. The van der Waals surface area contributed by atoms with Crippen LogP contribution in [0.3, 0.4) is 0 Å². The number of thioether (sulfide) groups is 1. The molecule has 6 heteroatoms. The van der Waals surface area contributed by atoms with E-state index in [1.54, 1.807) is 0 Å². The SMILES string of the molecule is C1=CC2Sc3c(C4NC(c5ccccc5)=NC(c5ccccc5)N4)cccc3C2C(c2cccc3c2sc2c(-n4c5ccccc5c5ccccc54)cccc23)=C1. The van der Waals surface area contributed by atoms with Gasteiger partial charge in [-0.05, 0) is 40.5 Å². The summed E-state index contributed by atoms with van der Waals surface area (Å²) in [6, 6.07) is 59.3. The summed E-state index contributed by atoms with van der Waals surface area (Å²) in [5.41, 5.74) is 11.3. The molecule has 272 valence electrons. The van der Waals surface area contributed by atoms with E-state index in [2.05, 4.69) is 197 Å². The average molecular weight is 769 g/mol. The molecule has 2 aliphatic heterocycles. The summed E-state index contributed by atoms with van der Waals surface area (Å²) in [6.07, 6.45) is 6.77. The lowest BCUT2D eigenvalue weighted by molar-refractivity contribution is 0.404. The fraction of sp³-hybridized carbons (Fsp3) is 0.0784. The van der Waals surface area contributed by atoms with Gasteiger partial charge in [-0.25, -0.2) is 4.99 Å². The van der Waals surface area contributed by atoms with Gasteiger partial charge in [0.25, 0.3) is 0 Å². The van der Waals surface area contributed by atoms with Crippen LogP contribution in [0.4, 0.5) is 0 Å². The Labute approximate surface area is 338 Å². The normalized spacial score (nSPS) is 20.1. The van der Waals surface area contributed by atoms with Crippen LogP contribution in [0.25, 0.3) is 53.2 Å². The van der Waals surface area contributed by atoms with Crippen molar-refractivity contribution < 1.29 is 0 Å². The van der Waals surface area contributed by atoms with E-state index in [1.165, 1.54) is 74.8 Å². The Bertz CT molecular complexity index is 3080. The van der Waals surface area contributed by atoms with Gasteiger partial charge in [-0.3, -0.25) is 5.32 Å². The van der Waals surface area contributed by atoms with Gasteiger partial charge in [-0.1, -0.05) is 164 Å². The Morgan fingerprint density at radius 2 is 1.23 bits per heavy atom. The van der Waals surface area contributed by atoms with Crippen molar-refractivity contribution in [1.29, 1.82) is 0 Å². The third-order valence-corrected chi connectivity index (χ3v) is 14.6. The third-order valence-electron chi connectivity index (χ3n) is 11.9. The number of fused-ring (bicyclic) bond motifs is 9. The summed E-state index contributed by atoms with van der Waals surface area (Å²) in [5.74, 6) is 1.14. The number of nitrogens with one attached hydrogen (secondary N) is 2. The van der Waals surface area contributed by atoms with Crippen molar-refractivity contribution in [2.75, 3.05) is 0 Å². The first-order valence-electron chi connectivity index (χ1n) is 19.6. The van der Waals surface area contributed by atoms with Crippen LogP contribution < -0.4 is 10.6 Å². The molecule has 12 rings (SSSR count). The lowest BCUT2D eigenvalue weighted by Gasteiger charge is -2.33. The molecule has 57 heavy (non-hydrogen) atoms. The highest BCUT2D eigenvalue weighted by atomic mass is 32.2. The largest absolute Gasteiger partial charge is 0.350 e. The Balaban J connectivity index is 0.969. The van der Waals surface area contributed by atoms with E-state index in [9.17, 15) is 0 Å². The van der Waals surface area contributed by atoms with Gasteiger partial charge in [0.2, 0.25) is 0 Å². The van der Waals surface area contributed by atoms with E-state index < -0.39 is 0 Å². The summed E-state index contributed by atoms with van der Waals surface area (Å²) in [7, 11) is 0. The van der Waals surface area contributed by atoms with Gasteiger partial charge in [-0.15, -0.1) is 23.1 Å². The molecule has 0 saturated heterocycles. The minimum atomic E-state index is -0.175. The number of aliphatic imine (C=N–C) groups is 1. The zero-order valence-electron chi connectivity index (χ0n) is 30.8. The third kappa shape index (κ3) is 5.21. The molecule has 2 N–H and O–H groups in total. The first-order valence-corrected chi connectivity index (χ1v) is 21.3. The molecule has 4 atom stereocenters. The summed E-state index contributed by atoms with van der Waals surface area (Å²) in [5, 5.41) is 13.2. The summed E-state index contributed by atoms with van der Waals surface area (Å²) in [4.78, 5) is 6.54. The second-order valence-electron chi connectivity index (χ2n) is 15.0. The maximum absolute atomic E-state index is 5.18. The highest BCUT2D eigenvalue weighted by Crippen LogP contribution is 2.56. The zero-order valence-corrected chi connectivity index (χ0v) is 32.5. The Kier molecular flexibility index (Phi) is 7.65. The van der Waals surface area contributed by atoms with Crippen molar-refractivity contribution in [3.8, 4) is 5.69 Å². The molecule has 1 aliphatic carbocycles. The lowest BCUT2D eigenvalue weighted by atomic mass is 9.81. The molecular weight excluding hydrogens is 733 g/mol.